The smallest absolute Gasteiger partial charge is 0.410 e. The number of nitrogens with zero attached hydrogens (tertiary/aromatic N) is 1. The minimum absolute atomic E-state index is 0.209. The molecule has 2 rings (SSSR count). The van der Waals surface area contributed by atoms with Crippen LogP contribution in [0.25, 0.3) is 0 Å². The summed E-state index contributed by atoms with van der Waals surface area (Å²) in [6.45, 7) is 4.78. The second-order valence-corrected chi connectivity index (χ2v) is 4.55. The van der Waals surface area contributed by atoms with E-state index in [9.17, 15) is 4.79 Å². The van der Waals surface area contributed by atoms with Crippen LogP contribution in [-0.2, 0) is 11.3 Å². The molecule has 1 heterocycles. The van der Waals surface area contributed by atoms with Crippen LogP contribution in [0.4, 0.5) is 4.79 Å². The van der Waals surface area contributed by atoms with E-state index in [2.05, 4.69) is 12.2 Å². The second-order valence-electron chi connectivity index (χ2n) is 4.55. The third-order valence-corrected chi connectivity index (χ3v) is 3.21. The molecule has 1 aliphatic heterocycles. The van der Waals surface area contributed by atoms with Crippen molar-refractivity contribution in [3.63, 3.8) is 0 Å². The van der Waals surface area contributed by atoms with Crippen LogP contribution in [-0.4, -0.2) is 36.7 Å². The molecule has 1 N–H and O–H groups in total. The summed E-state index contributed by atoms with van der Waals surface area (Å²) in [6.07, 6.45) is 0.821. The number of piperazine rings is 1. The average Bonchev–Trinajstić information content (AvgIpc) is 2.46. The zero-order chi connectivity index (χ0) is 12.8. The van der Waals surface area contributed by atoms with Crippen molar-refractivity contribution in [2.75, 3.05) is 19.6 Å². The molecule has 1 aromatic rings. The lowest BCUT2D eigenvalue weighted by atomic mass is 10.2. The molecular weight excluding hydrogens is 228 g/mol. The molecule has 0 aliphatic carbocycles. The molecule has 0 spiro atoms. The van der Waals surface area contributed by atoms with Gasteiger partial charge in [0.15, 0.2) is 0 Å². The molecule has 0 radical (unpaired) electrons. The molecule has 4 heteroatoms. The summed E-state index contributed by atoms with van der Waals surface area (Å²) in [7, 11) is 0. The summed E-state index contributed by atoms with van der Waals surface area (Å²) in [6, 6.07) is 10.2. The van der Waals surface area contributed by atoms with Crippen molar-refractivity contribution in [1.82, 2.24) is 10.2 Å². The average molecular weight is 248 g/mol. The molecule has 0 aromatic heterocycles. The van der Waals surface area contributed by atoms with Crippen LogP contribution < -0.4 is 5.32 Å². The van der Waals surface area contributed by atoms with Crippen LogP contribution in [0, 0.1) is 0 Å². The van der Waals surface area contributed by atoms with E-state index in [1.165, 1.54) is 0 Å². The van der Waals surface area contributed by atoms with Crippen LogP contribution >= 0.6 is 0 Å². The van der Waals surface area contributed by atoms with Crippen molar-refractivity contribution < 1.29 is 9.53 Å². The molecule has 1 aliphatic rings. The zero-order valence-electron chi connectivity index (χ0n) is 10.8. The molecule has 0 unspecified atom stereocenters. The first-order valence-corrected chi connectivity index (χ1v) is 6.48. The quantitative estimate of drug-likeness (QED) is 0.889. The van der Waals surface area contributed by atoms with E-state index in [0.29, 0.717) is 12.6 Å². The second kappa shape index (κ2) is 6.40. The highest BCUT2D eigenvalue weighted by Gasteiger charge is 2.22. The predicted octanol–water partition coefficient (Wildman–Crippen LogP) is 2.01. The largest absolute Gasteiger partial charge is 0.445 e. The third kappa shape index (κ3) is 3.47. The van der Waals surface area contributed by atoms with Crippen LogP contribution in [0.5, 0.6) is 0 Å². The van der Waals surface area contributed by atoms with Crippen molar-refractivity contribution in [3.05, 3.63) is 35.9 Å². The highest BCUT2D eigenvalue weighted by Crippen LogP contribution is 2.07. The zero-order valence-corrected chi connectivity index (χ0v) is 10.8. The fraction of sp³-hybridized carbons (Fsp3) is 0.500. The van der Waals surface area contributed by atoms with Gasteiger partial charge in [0.1, 0.15) is 6.61 Å². The Labute approximate surface area is 108 Å². The number of hydrogen-bond acceptors (Lipinski definition) is 3. The third-order valence-electron chi connectivity index (χ3n) is 3.21. The monoisotopic (exact) mass is 248 g/mol. The lowest BCUT2D eigenvalue weighted by molar-refractivity contribution is 0.0846. The van der Waals surface area contributed by atoms with E-state index in [1.54, 1.807) is 4.90 Å². The van der Waals surface area contributed by atoms with E-state index < -0.39 is 0 Å². The minimum atomic E-state index is -0.209. The first kappa shape index (κ1) is 12.9. The maximum absolute atomic E-state index is 11.9. The van der Waals surface area contributed by atoms with Gasteiger partial charge >= 0.3 is 6.09 Å². The molecule has 1 saturated heterocycles. The summed E-state index contributed by atoms with van der Waals surface area (Å²) in [4.78, 5) is 13.7. The standard InChI is InChI=1S/C14H20N2O2/c1-2-13-10-16(9-8-15-13)14(17)18-11-12-6-4-3-5-7-12/h3-7,13,15H,2,8-11H2,1H3/t13-/m0/s1. The van der Waals surface area contributed by atoms with E-state index >= 15 is 0 Å². The van der Waals surface area contributed by atoms with Gasteiger partial charge in [-0.1, -0.05) is 37.3 Å². The SMILES string of the molecule is CC[C@H]1CN(C(=O)OCc2ccccc2)CCN1. The molecule has 0 bridgehead atoms. The fourth-order valence-electron chi connectivity index (χ4n) is 2.08. The van der Waals surface area contributed by atoms with Gasteiger partial charge in [-0.25, -0.2) is 4.79 Å². The highest BCUT2D eigenvalue weighted by atomic mass is 16.6. The number of amides is 1. The van der Waals surface area contributed by atoms with Crippen molar-refractivity contribution in [3.8, 4) is 0 Å². The van der Waals surface area contributed by atoms with Gasteiger partial charge in [-0.2, -0.15) is 0 Å². The molecule has 1 atom stereocenters. The molecule has 1 aromatic carbocycles. The fourth-order valence-corrected chi connectivity index (χ4v) is 2.08. The Morgan fingerprint density at radius 2 is 2.22 bits per heavy atom. The molecular formula is C14H20N2O2. The van der Waals surface area contributed by atoms with Gasteiger partial charge in [0.2, 0.25) is 0 Å². The maximum Gasteiger partial charge on any atom is 0.410 e. The number of carbonyl (C=O) groups is 1. The van der Waals surface area contributed by atoms with E-state index in [-0.39, 0.29) is 6.09 Å². The van der Waals surface area contributed by atoms with Gasteiger partial charge in [0.25, 0.3) is 0 Å². The van der Waals surface area contributed by atoms with Crippen molar-refractivity contribution in [2.45, 2.75) is 26.0 Å². The Morgan fingerprint density at radius 1 is 1.44 bits per heavy atom. The van der Waals surface area contributed by atoms with Gasteiger partial charge in [-0.05, 0) is 12.0 Å². The normalized spacial score (nSPS) is 19.6. The first-order valence-electron chi connectivity index (χ1n) is 6.48. The predicted molar refractivity (Wildman–Crippen MR) is 70.3 cm³/mol. The summed E-state index contributed by atoms with van der Waals surface area (Å²) in [5.41, 5.74) is 1.02. The Morgan fingerprint density at radius 3 is 2.94 bits per heavy atom. The van der Waals surface area contributed by atoms with Crippen LogP contribution in [0.15, 0.2) is 30.3 Å². The van der Waals surface area contributed by atoms with E-state index in [4.69, 9.17) is 4.74 Å². The Bertz CT molecular complexity index is 381. The Hall–Kier alpha value is -1.55. The van der Waals surface area contributed by atoms with Crippen LogP contribution in [0.3, 0.4) is 0 Å². The van der Waals surface area contributed by atoms with Crippen LogP contribution in [0.2, 0.25) is 0 Å². The summed E-state index contributed by atoms with van der Waals surface area (Å²) in [5, 5.41) is 3.38. The first-order chi connectivity index (χ1) is 8.79. The lowest BCUT2D eigenvalue weighted by Crippen LogP contribution is -2.52. The van der Waals surface area contributed by atoms with Crippen molar-refractivity contribution in [1.29, 1.82) is 0 Å². The van der Waals surface area contributed by atoms with Crippen molar-refractivity contribution >= 4 is 6.09 Å². The molecule has 4 nitrogen and oxygen atoms in total. The van der Waals surface area contributed by atoms with E-state index in [0.717, 1.165) is 31.6 Å². The highest BCUT2D eigenvalue weighted by molar-refractivity contribution is 5.67. The molecule has 18 heavy (non-hydrogen) atoms. The Kier molecular flexibility index (Phi) is 4.59. The minimum Gasteiger partial charge on any atom is -0.445 e. The van der Waals surface area contributed by atoms with Gasteiger partial charge < -0.3 is 15.0 Å². The molecule has 98 valence electrons. The summed E-state index contributed by atoms with van der Waals surface area (Å²) >= 11 is 0. The van der Waals surface area contributed by atoms with Crippen molar-refractivity contribution in [2.24, 2.45) is 0 Å². The number of ether oxygens (including phenoxy) is 1. The number of carbonyl (C=O) groups excluding carboxylic acids is 1. The van der Waals surface area contributed by atoms with E-state index in [1.807, 2.05) is 30.3 Å². The van der Waals surface area contributed by atoms with Crippen LogP contribution in [0.1, 0.15) is 18.9 Å². The number of hydrogen-bond donors (Lipinski definition) is 1. The van der Waals surface area contributed by atoms with Gasteiger partial charge in [-0.15, -0.1) is 0 Å². The summed E-state index contributed by atoms with van der Waals surface area (Å²) < 4.78 is 5.32. The molecule has 1 fully saturated rings. The number of rotatable bonds is 3. The van der Waals surface area contributed by atoms with Gasteiger partial charge in [-0.3, -0.25) is 0 Å². The molecule has 1 amide bonds. The number of benzene rings is 1. The number of nitrogens with one attached hydrogen (secondary N) is 1. The molecule has 0 saturated carbocycles. The van der Waals surface area contributed by atoms with Gasteiger partial charge in [0, 0.05) is 25.7 Å². The summed E-state index contributed by atoms with van der Waals surface area (Å²) in [5.74, 6) is 0. The van der Waals surface area contributed by atoms with Gasteiger partial charge in [0.05, 0.1) is 0 Å². The Balaban J connectivity index is 1.81. The maximum atomic E-state index is 11.9. The lowest BCUT2D eigenvalue weighted by Gasteiger charge is -2.32. The topological polar surface area (TPSA) is 41.6 Å².